The van der Waals surface area contributed by atoms with Gasteiger partial charge in [0, 0.05) is 16.8 Å². The molecule has 0 unspecified atom stereocenters. The van der Waals surface area contributed by atoms with Crippen molar-refractivity contribution in [2.45, 2.75) is 10.6 Å². The molecule has 0 aliphatic rings. The number of halogens is 1. The van der Waals surface area contributed by atoms with Gasteiger partial charge in [0.15, 0.2) is 0 Å². The van der Waals surface area contributed by atoms with Crippen molar-refractivity contribution in [2.75, 3.05) is 15.8 Å². The van der Waals surface area contributed by atoms with Crippen molar-refractivity contribution in [3.63, 3.8) is 0 Å². The number of carbonyl (C=O) groups is 1. The Morgan fingerprint density at radius 3 is 2.30 bits per heavy atom. The molecular weight excluding hydrogens is 459 g/mol. The Labute approximate surface area is 196 Å². The first-order chi connectivity index (χ1) is 15.9. The first-order valence-corrected chi connectivity index (χ1v) is 12.8. The van der Waals surface area contributed by atoms with Gasteiger partial charge in [0.1, 0.15) is 5.82 Å². The highest BCUT2D eigenvalue weighted by Gasteiger charge is 2.16. The summed E-state index contributed by atoms with van der Waals surface area (Å²) in [6.45, 7) is 0. The van der Waals surface area contributed by atoms with Crippen LogP contribution in [0, 0.1) is 5.82 Å². The molecule has 0 saturated heterocycles. The van der Waals surface area contributed by atoms with E-state index in [4.69, 9.17) is 0 Å². The van der Waals surface area contributed by atoms with Gasteiger partial charge in [-0.1, -0.05) is 48.5 Å². The summed E-state index contributed by atoms with van der Waals surface area (Å²) < 4.78 is 41.3. The van der Waals surface area contributed by atoms with E-state index in [0.717, 1.165) is 16.3 Å². The van der Waals surface area contributed by atoms with Crippen LogP contribution < -0.4 is 10.0 Å². The van der Waals surface area contributed by atoms with Gasteiger partial charge in [0.25, 0.3) is 10.0 Å². The molecule has 0 fully saturated rings. The van der Waals surface area contributed by atoms with E-state index in [9.17, 15) is 17.6 Å². The van der Waals surface area contributed by atoms with E-state index in [1.165, 1.54) is 36.0 Å². The van der Waals surface area contributed by atoms with E-state index >= 15 is 0 Å². The lowest BCUT2D eigenvalue weighted by molar-refractivity contribution is -0.113. The van der Waals surface area contributed by atoms with Crippen molar-refractivity contribution in [3.8, 4) is 0 Å². The van der Waals surface area contributed by atoms with Crippen LogP contribution in [-0.4, -0.2) is 20.1 Å². The zero-order chi connectivity index (χ0) is 23.3. The number of nitrogens with one attached hydrogen (secondary N) is 2. The Morgan fingerprint density at radius 1 is 0.848 bits per heavy atom. The number of hydrogen-bond acceptors (Lipinski definition) is 4. The van der Waals surface area contributed by atoms with Crippen molar-refractivity contribution in [1.29, 1.82) is 0 Å². The highest BCUT2D eigenvalue weighted by Crippen LogP contribution is 2.26. The summed E-state index contributed by atoms with van der Waals surface area (Å²) in [5.74, 6) is 0.316. The minimum Gasteiger partial charge on any atom is -0.325 e. The summed E-state index contributed by atoms with van der Waals surface area (Å²) in [6, 6.07) is 25.1. The number of amides is 1. The summed E-state index contributed by atoms with van der Waals surface area (Å²) >= 11 is 1.41. The zero-order valence-corrected chi connectivity index (χ0v) is 19.1. The predicted molar refractivity (Wildman–Crippen MR) is 132 cm³/mol. The third-order valence-corrected chi connectivity index (χ3v) is 7.28. The van der Waals surface area contributed by atoms with Crippen molar-refractivity contribution in [1.82, 2.24) is 0 Å². The lowest BCUT2D eigenvalue weighted by Crippen LogP contribution is -2.15. The molecule has 8 heteroatoms. The maximum absolute atomic E-state index is 12.9. The number of fused-ring (bicyclic) bond motifs is 1. The second-order valence-corrected chi connectivity index (χ2v) is 9.99. The van der Waals surface area contributed by atoms with Gasteiger partial charge < -0.3 is 5.32 Å². The van der Waals surface area contributed by atoms with Gasteiger partial charge in [-0.25, -0.2) is 12.8 Å². The number of sulfonamides is 1. The minimum absolute atomic E-state index is 0.0964. The molecule has 33 heavy (non-hydrogen) atoms. The number of rotatable bonds is 8. The van der Waals surface area contributed by atoms with E-state index in [1.54, 1.807) is 36.4 Å². The number of benzene rings is 4. The van der Waals surface area contributed by atoms with Crippen LogP contribution in [0.4, 0.5) is 15.8 Å². The number of carbonyl (C=O) groups excluding carboxylic acids is 1. The lowest BCUT2D eigenvalue weighted by Gasteiger charge is -2.11. The molecule has 0 atom stereocenters. The van der Waals surface area contributed by atoms with Gasteiger partial charge in [-0.2, -0.15) is 0 Å². The van der Waals surface area contributed by atoms with Gasteiger partial charge in [-0.15, -0.1) is 11.8 Å². The van der Waals surface area contributed by atoms with Gasteiger partial charge >= 0.3 is 0 Å². The van der Waals surface area contributed by atoms with Crippen molar-refractivity contribution >= 4 is 49.8 Å². The summed E-state index contributed by atoms with van der Waals surface area (Å²) in [6.07, 6.45) is 0. The van der Waals surface area contributed by atoms with Crippen molar-refractivity contribution < 1.29 is 17.6 Å². The highest BCUT2D eigenvalue weighted by molar-refractivity contribution is 7.99. The van der Waals surface area contributed by atoms with Gasteiger partial charge in [-0.05, 0) is 53.4 Å². The smallest absolute Gasteiger partial charge is 0.261 e. The molecule has 0 spiro atoms. The second kappa shape index (κ2) is 10.1. The molecule has 2 N–H and O–H groups in total. The molecule has 0 aliphatic heterocycles. The molecule has 0 aromatic heterocycles. The first-order valence-electron chi connectivity index (χ1n) is 10.1. The van der Waals surface area contributed by atoms with Crippen LogP contribution in [0.1, 0.15) is 5.56 Å². The fraction of sp³-hybridized carbons (Fsp3) is 0.0800. The Morgan fingerprint density at radius 2 is 1.55 bits per heavy atom. The molecule has 5 nitrogen and oxygen atoms in total. The van der Waals surface area contributed by atoms with Gasteiger partial charge in [0.05, 0.1) is 16.3 Å². The summed E-state index contributed by atoms with van der Waals surface area (Å²) in [4.78, 5) is 12.3. The first kappa shape index (κ1) is 22.8. The summed E-state index contributed by atoms with van der Waals surface area (Å²) in [5, 5.41) is 4.50. The number of hydrogen-bond donors (Lipinski definition) is 2. The Bertz CT molecular complexity index is 1370. The molecule has 168 valence electrons. The minimum atomic E-state index is -3.79. The predicted octanol–water partition coefficient (Wildman–Crippen LogP) is 5.65. The van der Waals surface area contributed by atoms with E-state index in [2.05, 4.69) is 10.0 Å². The fourth-order valence-corrected chi connectivity index (χ4v) is 5.14. The van der Waals surface area contributed by atoms with Crippen LogP contribution in [0.25, 0.3) is 10.8 Å². The van der Waals surface area contributed by atoms with Crippen LogP contribution >= 0.6 is 11.8 Å². The lowest BCUT2D eigenvalue weighted by atomic mass is 10.1. The molecule has 4 rings (SSSR count). The zero-order valence-electron chi connectivity index (χ0n) is 17.5. The number of thioether (sulfide) groups is 1. The summed E-state index contributed by atoms with van der Waals surface area (Å²) in [5.41, 5.74) is 1.94. The number of anilines is 2. The average Bonchev–Trinajstić information content (AvgIpc) is 2.81. The van der Waals surface area contributed by atoms with Crippen LogP contribution in [-0.2, 0) is 20.6 Å². The Hall–Kier alpha value is -3.36. The maximum Gasteiger partial charge on any atom is 0.261 e. The Balaban J connectivity index is 1.35. The van der Waals surface area contributed by atoms with Gasteiger partial charge in [-0.3, -0.25) is 9.52 Å². The quantitative estimate of drug-likeness (QED) is 0.342. The van der Waals surface area contributed by atoms with E-state index in [0.29, 0.717) is 17.1 Å². The molecule has 1 amide bonds. The maximum atomic E-state index is 12.9. The largest absolute Gasteiger partial charge is 0.325 e. The van der Waals surface area contributed by atoms with Crippen LogP contribution in [0.5, 0.6) is 0 Å². The van der Waals surface area contributed by atoms with Crippen LogP contribution in [0.3, 0.4) is 0 Å². The normalized spacial score (nSPS) is 11.3. The monoisotopic (exact) mass is 480 g/mol. The third-order valence-electron chi connectivity index (χ3n) is 4.90. The SMILES string of the molecule is O=C(CSCc1ccc(F)cc1)Nc1ccc(S(=O)(=O)Nc2cccc3ccccc23)cc1. The molecule has 4 aromatic carbocycles. The van der Waals surface area contributed by atoms with Crippen molar-refractivity contribution in [2.24, 2.45) is 0 Å². The molecule has 0 heterocycles. The fourth-order valence-electron chi connectivity index (χ4n) is 3.27. The topological polar surface area (TPSA) is 75.3 Å². The summed E-state index contributed by atoms with van der Waals surface area (Å²) in [7, 11) is -3.79. The van der Waals surface area contributed by atoms with Crippen molar-refractivity contribution in [3.05, 3.63) is 102 Å². The highest BCUT2D eigenvalue weighted by atomic mass is 32.2. The third kappa shape index (κ3) is 5.91. The average molecular weight is 481 g/mol. The molecule has 0 aliphatic carbocycles. The van der Waals surface area contributed by atoms with E-state index in [-0.39, 0.29) is 22.4 Å². The Kier molecular flexibility index (Phi) is 6.96. The van der Waals surface area contributed by atoms with Crippen LogP contribution in [0.2, 0.25) is 0 Å². The molecule has 0 bridgehead atoms. The van der Waals surface area contributed by atoms with Gasteiger partial charge in [0.2, 0.25) is 5.91 Å². The molecule has 4 aromatic rings. The second-order valence-electron chi connectivity index (χ2n) is 7.32. The van der Waals surface area contributed by atoms with Crippen LogP contribution in [0.15, 0.2) is 95.9 Å². The molecule has 0 radical (unpaired) electrons. The standard InChI is InChI=1S/C25H21FN2O3S2/c26-20-10-8-18(9-11-20)16-32-17-25(29)27-21-12-14-22(15-13-21)33(30,31)28-24-7-3-5-19-4-1-2-6-23(19)24/h1-15,28H,16-17H2,(H,27,29). The van der Waals surface area contributed by atoms with E-state index in [1.807, 2.05) is 30.3 Å². The molecular formula is C25H21FN2O3S2. The molecule has 0 saturated carbocycles. The van der Waals surface area contributed by atoms with E-state index < -0.39 is 10.0 Å².